The van der Waals surface area contributed by atoms with Crippen LogP contribution < -0.4 is 21.4 Å². The minimum Gasteiger partial charge on any atom is -0.462 e. The summed E-state index contributed by atoms with van der Waals surface area (Å²) in [4.78, 5) is 52.7. The van der Waals surface area contributed by atoms with Crippen LogP contribution in [0.5, 0.6) is 0 Å². The zero-order chi connectivity index (χ0) is 30.4. The Labute approximate surface area is 227 Å². The van der Waals surface area contributed by atoms with Gasteiger partial charge in [-0.05, 0) is 47.1 Å². The number of nitrogens with zero attached hydrogens (tertiary/aromatic N) is 4. The molecule has 1 saturated heterocycles. The molecule has 0 unspecified atom stereocenters. The van der Waals surface area contributed by atoms with Crippen LogP contribution >= 0.6 is 7.67 Å². The van der Waals surface area contributed by atoms with Gasteiger partial charge in [-0.25, -0.2) is 19.4 Å². The molecule has 0 radical (unpaired) electrons. The number of esters is 2. The molecule has 4 N–H and O–H groups in total. The van der Waals surface area contributed by atoms with Crippen LogP contribution in [0, 0.1) is 0 Å². The monoisotopic (exact) mass is 593 g/mol. The van der Waals surface area contributed by atoms with Gasteiger partial charge in [0, 0.05) is 17.2 Å². The molecule has 1 aromatic heterocycles. The van der Waals surface area contributed by atoms with Crippen molar-refractivity contribution in [2.45, 2.75) is 90.1 Å². The number of aromatic amines is 1. The predicted octanol–water partition coefficient (Wildman–Crippen LogP) is 0.755. The van der Waals surface area contributed by atoms with Crippen LogP contribution in [0.15, 0.2) is 27.0 Å². The first-order valence-electron chi connectivity index (χ1n) is 12.1. The van der Waals surface area contributed by atoms with Crippen LogP contribution in [0.3, 0.4) is 0 Å². The maximum Gasteiger partial charge on any atom is 0.342 e. The van der Waals surface area contributed by atoms with Gasteiger partial charge < -0.3 is 23.8 Å². The predicted molar refractivity (Wildman–Crippen MR) is 135 cm³/mol. The molecule has 1 aromatic rings. The summed E-state index contributed by atoms with van der Waals surface area (Å²) in [5.41, 5.74) is 4.67. The molecule has 6 atom stereocenters. The minimum absolute atomic E-state index is 0.519. The van der Waals surface area contributed by atoms with Gasteiger partial charge in [-0.2, -0.15) is 0 Å². The number of rotatable bonds is 13. The Kier molecular flexibility index (Phi) is 11.2. The number of hydrogen-bond donors (Lipinski definition) is 4. The Morgan fingerprint density at radius 3 is 2.17 bits per heavy atom. The second kappa shape index (κ2) is 13.5. The molecule has 0 amide bonds. The molecule has 40 heavy (non-hydrogen) atoms. The van der Waals surface area contributed by atoms with Gasteiger partial charge in [0.25, 0.3) is 5.56 Å². The third-order valence-corrected chi connectivity index (χ3v) is 7.24. The summed E-state index contributed by atoms with van der Waals surface area (Å²) in [6.45, 7) is 7.83. The van der Waals surface area contributed by atoms with Crippen molar-refractivity contribution in [3.05, 3.63) is 43.5 Å². The van der Waals surface area contributed by atoms with Crippen molar-refractivity contribution in [3.8, 4) is 0 Å². The molecule has 1 aliphatic heterocycles. The molecule has 0 aromatic carbocycles. The van der Waals surface area contributed by atoms with E-state index in [1.165, 1.54) is 13.8 Å². The highest BCUT2D eigenvalue weighted by Crippen LogP contribution is 2.45. The molecule has 0 bridgehead atoms. The summed E-state index contributed by atoms with van der Waals surface area (Å²) >= 11 is 0. The van der Waals surface area contributed by atoms with Crippen molar-refractivity contribution >= 4 is 19.6 Å². The van der Waals surface area contributed by atoms with Crippen LogP contribution in [0.1, 0.15) is 47.8 Å². The number of carbonyl (C=O) groups excluding carboxylic acids is 2. The van der Waals surface area contributed by atoms with Gasteiger partial charge in [-0.15, -0.1) is 0 Å². The SMILES string of the molecule is CC(C)OC(=O)[C@H](C)NP(=O)(N[C@@H](C)C(=O)OC(C)C)OC[C@@]1(N=[N+]=[N-])O[C@@H](n2ccc(=O)[nH]c2=O)[C@H](F)[C@@H]1O. The van der Waals surface area contributed by atoms with Gasteiger partial charge in [-0.3, -0.25) is 28.5 Å². The second-order valence-corrected chi connectivity index (χ2v) is 11.3. The van der Waals surface area contributed by atoms with Gasteiger partial charge in [0.1, 0.15) is 18.2 Å². The van der Waals surface area contributed by atoms with Crippen LogP contribution in [0.4, 0.5) is 4.39 Å². The van der Waals surface area contributed by atoms with Crippen molar-refractivity contribution in [2.24, 2.45) is 5.11 Å². The van der Waals surface area contributed by atoms with E-state index in [0.717, 1.165) is 12.3 Å². The fraction of sp³-hybridized carbons (Fsp3) is 0.714. The number of aliphatic hydroxyl groups excluding tert-OH is 1. The Hall–Kier alpha value is -3.11. The average molecular weight is 594 g/mol. The van der Waals surface area contributed by atoms with E-state index in [1.807, 2.05) is 4.98 Å². The first kappa shape index (κ1) is 33.1. The molecule has 1 aliphatic rings. The van der Waals surface area contributed by atoms with E-state index < -0.39 is 86.0 Å². The topological polar surface area (TPSA) is 236 Å². The first-order valence-corrected chi connectivity index (χ1v) is 13.8. The van der Waals surface area contributed by atoms with E-state index in [-0.39, 0.29) is 0 Å². The van der Waals surface area contributed by atoms with Crippen LogP contribution in [0.25, 0.3) is 10.4 Å². The molecule has 0 spiro atoms. The summed E-state index contributed by atoms with van der Waals surface area (Å²) in [6, 6.07) is -1.66. The van der Waals surface area contributed by atoms with Crippen molar-refractivity contribution < 1.29 is 42.4 Å². The standard InChI is InChI=1S/C21H33FN7O10P/c1-10(2)37-18(32)12(5)25-40(35,26-13(6)19(33)38-11(3)4)36-9-21(27-28-23)16(31)15(22)17(39-21)29-8-7-14(30)24-20(29)34/h7-8,10-13,15-17,31H,9H2,1-6H3,(H,24,30,34)(H2,25,26,35)/t12-,13-,15+,16-,17+,21+/m0/s1. The van der Waals surface area contributed by atoms with Crippen molar-refractivity contribution in [1.29, 1.82) is 0 Å². The number of alkyl halides is 1. The highest BCUT2D eigenvalue weighted by atomic mass is 31.2. The maximum absolute atomic E-state index is 15.2. The van der Waals surface area contributed by atoms with Crippen molar-refractivity contribution in [2.75, 3.05) is 6.61 Å². The summed E-state index contributed by atoms with van der Waals surface area (Å²) in [7, 11) is -4.51. The maximum atomic E-state index is 15.2. The number of H-pyrrole nitrogens is 1. The first-order chi connectivity index (χ1) is 18.5. The quantitative estimate of drug-likeness (QED) is 0.0815. The lowest BCUT2D eigenvalue weighted by atomic mass is 10.1. The molecule has 2 heterocycles. The van der Waals surface area contributed by atoms with Gasteiger partial charge in [0.2, 0.25) is 5.72 Å². The van der Waals surface area contributed by atoms with Crippen LogP contribution in [-0.2, 0) is 32.9 Å². The summed E-state index contributed by atoms with van der Waals surface area (Å²) in [5, 5.41) is 18.7. The smallest absolute Gasteiger partial charge is 0.342 e. The number of aliphatic hydroxyl groups is 1. The molecule has 0 saturated carbocycles. The van der Waals surface area contributed by atoms with Crippen molar-refractivity contribution in [1.82, 2.24) is 19.7 Å². The van der Waals surface area contributed by atoms with Gasteiger partial charge in [0.15, 0.2) is 12.4 Å². The van der Waals surface area contributed by atoms with E-state index >= 15 is 4.39 Å². The Bertz CT molecular complexity index is 1250. The Morgan fingerprint density at radius 1 is 1.20 bits per heavy atom. The van der Waals surface area contributed by atoms with E-state index in [4.69, 9.17) is 24.3 Å². The fourth-order valence-corrected chi connectivity index (χ4v) is 5.29. The Morgan fingerprint density at radius 2 is 1.73 bits per heavy atom. The molecule has 0 aliphatic carbocycles. The highest BCUT2D eigenvalue weighted by Gasteiger charge is 2.57. The largest absolute Gasteiger partial charge is 0.462 e. The lowest BCUT2D eigenvalue weighted by Crippen LogP contribution is -2.47. The number of halogens is 1. The second-order valence-electron chi connectivity index (χ2n) is 9.45. The summed E-state index contributed by atoms with van der Waals surface area (Å²) in [5.74, 6) is -1.66. The lowest BCUT2D eigenvalue weighted by molar-refractivity contribution is -0.149. The van der Waals surface area contributed by atoms with E-state index in [9.17, 15) is 28.8 Å². The van der Waals surface area contributed by atoms with Gasteiger partial charge in [0.05, 0.1) is 18.8 Å². The number of aromatic nitrogens is 2. The van der Waals surface area contributed by atoms with Gasteiger partial charge in [-0.1, -0.05) is 5.11 Å². The molecule has 19 heteroatoms. The highest BCUT2D eigenvalue weighted by molar-refractivity contribution is 7.54. The summed E-state index contributed by atoms with van der Waals surface area (Å²) < 4.78 is 50.6. The molecule has 2 rings (SSSR count). The molecular formula is C21H33FN7O10P. The molecule has 224 valence electrons. The average Bonchev–Trinajstić information content (AvgIpc) is 3.07. The normalized spacial score (nSPS) is 24.4. The summed E-state index contributed by atoms with van der Waals surface area (Å²) in [6.07, 6.45) is -6.68. The lowest BCUT2D eigenvalue weighted by Gasteiger charge is -2.31. The Balaban J connectivity index is 2.40. The third kappa shape index (κ3) is 8.20. The minimum atomic E-state index is -4.51. The number of carbonyl (C=O) groups is 2. The third-order valence-electron chi connectivity index (χ3n) is 5.29. The fourth-order valence-electron chi connectivity index (χ4n) is 3.47. The molecule has 1 fully saturated rings. The van der Waals surface area contributed by atoms with E-state index in [0.29, 0.717) is 4.57 Å². The van der Waals surface area contributed by atoms with E-state index in [2.05, 4.69) is 20.2 Å². The number of nitrogens with one attached hydrogen (secondary N) is 3. The molecule has 17 nitrogen and oxygen atoms in total. The van der Waals surface area contributed by atoms with Crippen molar-refractivity contribution in [3.63, 3.8) is 0 Å². The zero-order valence-electron chi connectivity index (χ0n) is 22.6. The van der Waals surface area contributed by atoms with Crippen LogP contribution in [-0.4, -0.2) is 75.5 Å². The van der Waals surface area contributed by atoms with E-state index in [1.54, 1.807) is 27.7 Å². The zero-order valence-corrected chi connectivity index (χ0v) is 23.5. The van der Waals surface area contributed by atoms with Crippen LogP contribution in [0.2, 0.25) is 0 Å². The number of ether oxygens (including phenoxy) is 3. The molecular weight excluding hydrogens is 560 g/mol. The number of azide groups is 1. The van der Waals surface area contributed by atoms with Gasteiger partial charge >= 0.3 is 25.3 Å². The number of hydrogen-bond acceptors (Lipinski definition) is 11.